The number of rotatable bonds is 6. The number of carbonyl (C=O) groups excluding carboxylic acids is 2. The van der Waals surface area contributed by atoms with Crippen molar-refractivity contribution in [2.45, 2.75) is 5.03 Å². The minimum atomic E-state index is -0.309. The fourth-order valence-corrected chi connectivity index (χ4v) is 3.50. The van der Waals surface area contributed by atoms with E-state index in [-0.39, 0.29) is 24.1 Å². The highest BCUT2D eigenvalue weighted by molar-refractivity contribution is 8.00. The number of aromatic nitrogens is 2. The molecule has 138 valence electrons. The number of amides is 2. The Morgan fingerprint density at radius 1 is 1.11 bits per heavy atom. The first-order valence-corrected chi connectivity index (χ1v) is 9.52. The average Bonchev–Trinajstić information content (AvgIpc) is 2.67. The summed E-state index contributed by atoms with van der Waals surface area (Å²) in [5.74, 6) is -0.301. The molecule has 1 N–H and O–H groups in total. The van der Waals surface area contributed by atoms with E-state index in [1.165, 1.54) is 23.0 Å². The molecular formula is C19H17ClN4O2S. The van der Waals surface area contributed by atoms with Gasteiger partial charge in [-0.15, -0.1) is 0 Å². The van der Waals surface area contributed by atoms with Gasteiger partial charge in [-0.2, -0.15) is 0 Å². The van der Waals surface area contributed by atoms with Crippen molar-refractivity contribution >= 4 is 51.8 Å². The molecule has 2 amide bonds. The first-order chi connectivity index (χ1) is 13.0. The van der Waals surface area contributed by atoms with E-state index < -0.39 is 0 Å². The number of halogens is 1. The average molecular weight is 401 g/mol. The lowest BCUT2D eigenvalue weighted by Gasteiger charge is -2.17. The van der Waals surface area contributed by atoms with Gasteiger partial charge in [-0.25, -0.2) is 9.97 Å². The molecule has 0 unspecified atom stereocenters. The van der Waals surface area contributed by atoms with Crippen molar-refractivity contribution in [2.75, 3.05) is 24.7 Å². The molecule has 0 bridgehead atoms. The maximum atomic E-state index is 12.4. The van der Waals surface area contributed by atoms with Gasteiger partial charge in [0.1, 0.15) is 11.4 Å². The van der Waals surface area contributed by atoms with Crippen LogP contribution >= 0.6 is 23.4 Å². The van der Waals surface area contributed by atoms with Gasteiger partial charge in [-0.3, -0.25) is 9.59 Å². The smallest absolute Gasteiger partial charge is 0.244 e. The zero-order valence-corrected chi connectivity index (χ0v) is 16.1. The Morgan fingerprint density at radius 3 is 2.67 bits per heavy atom. The van der Waals surface area contributed by atoms with Gasteiger partial charge in [0.25, 0.3) is 0 Å². The quantitative estimate of drug-likeness (QED) is 0.506. The summed E-state index contributed by atoms with van der Waals surface area (Å²) in [6.45, 7) is -0.0604. The van der Waals surface area contributed by atoms with Crippen LogP contribution in [0.25, 0.3) is 10.9 Å². The van der Waals surface area contributed by atoms with Gasteiger partial charge in [0.2, 0.25) is 11.8 Å². The molecule has 27 heavy (non-hydrogen) atoms. The van der Waals surface area contributed by atoms with Crippen LogP contribution in [0.4, 0.5) is 5.69 Å². The zero-order chi connectivity index (χ0) is 19.2. The lowest BCUT2D eigenvalue weighted by atomic mass is 10.2. The fourth-order valence-electron chi connectivity index (χ4n) is 2.39. The van der Waals surface area contributed by atoms with Gasteiger partial charge in [0.05, 0.1) is 28.5 Å². The summed E-state index contributed by atoms with van der Waals surface area (Å²) < 4.78 is 0. The Bertz CT molecular complexity index is 977. The zero-order valence-electron chi connectivity index (χ0n) is 14.6. The standard InChI is InChI=1S/C19H17ClN4O2S/c1-24(10-17(25)23-16-9-5-3-7-14(16)20)18(26)11-27-19-13-6-2-4-8-15(13)21-12-22-19/h2-9,12H,10-11H2,1H3,(H,23,25). The molecule has 8 heteroatoms. The largest absolute Gasteiger partial charge is 0.336 e. The third-order valence-corrected chi connectivity index (χ3v) is 5.11. The molecule has 3 aromatic rings. The maximum Gasteiger partial charge on any atom is 0.244 e. The summed E-state index contributed by atoms with van der Waals surface area (Å²) in [5.41, 5.74) is 1.35. The number of thioether (sulfide) groups is 1. The molecule has 0 spiro atoms. The van der Waals surface area contributed by atoms with E-state index in [0.717, 1.165) is 15.9 Å². The molecule has 1 aromatic heterocycles. The molecular weight excluding hydrogens is 384 g/mol. The number of nitrogens with zero attached hydrogens (tertiary/aromatic N) is 3. The van der Waals surface area contributed by atoms with E-state index in [1.54, 1.807) is 31.3 Å². The Hall–Kier alpha value is -2.64. The molecule has 2 aromatic carbocycles. The summed E-state index contributed by atoms with van der Waals surface area (Å²) in [6.07, 6.45) is 1.48. The lowest BCUT2D eigenvalue weighted by molar-refractivity contribution is -0.131. The number of hydrogen-bond acceptors (Lipinski definition) is 5. The summed E-state index contributed by atoms with van der Waals surface area (Å²) in [6, 6.07) is 14.6. The van der Waals surface area contributed by atoms with Crippen LogP contribution in [-0.4, -0.2) is 46.0 Å². The number of anilines is 1. The Labute approximate surface area is 165 Å². The number of para-hydroxylation sites is 2. The molecule has 0 saturated heterocycles. The molecule has 3 rings (SSSR count). The van der Waals surface area contributed by atoms with Crippen LogP contribution < -0.4 is 5.32 Å². The Kier molecular flexibility index (Phi) is 6.26. The van der Waals surface area contributed by atoms with E-state index in [1.807, 2.05) is 24.3 Å². The minimum absolute atomic E-state index is 0.0604. The van der Waals surface area contributed by atoms with Crippen LogP contribution in [0.3, 0.4) is 0 Å². The van der Waals surface area contributed by atoms with Crippen molar-refractivity contribution in [3.05, 3.63) is 59.9 Å². The van der Waals surface area contributed by atoms with Crippen LogP contribution in [0.2, 0.25) is 5.02 Å². The maximum absolute atomic E-state index is 12.4. The molecule has 0 aliphatic heterocycles. The number of nitrogens with one attached hydrogen (secondary N) is 1. The third kappa shape index (κ3) is 4.96. The molecule has 0 aliphatic carbocycles. The highest BCUT2D eigenvalue weighted by Gasteiger charge is 2.15. The molecule has 0 saturated carbocycles. The van der Waals surface area contributed by atoms with Crippen molar-refractivity contribution in [3.63, 3.8) is 0 Å². The second kappa shape index (κ2) is 8.83. The number of likely N-dealkylation sites (N-methyl/N-ethyl adjacent to an activating group) is 1. The molecule has 6 nitrogen and oxygen atoms in total. The second-order valence-corrected chi connectivity index (χ2v) is 7.13. The second-order valence-electron chi connectivity index (χ2n) is 5.76. The normalized spacial score (nSPS) is 10.6. The van der Waals surface area contributed by atoms with E-state index in [4.69, 9.17) is 11.6 Å². The van der Waals surface area contributed by atoms with Crippen LogP contribution in [0.15, 0.2) is 59.9 Å². The predicted octanol–water partition coefficient (Wildman–Crippen LogP) is 3.47. The van der Waals surface area contributed by atoms with Gasteiger partial charge < -0.3 is 10.2 Å². The van der Waals surface area contributed by atoms with Crippen molar-refractivity contribution < 1.29 is 9.59 Å². The van der Waals surface area contributed by atoms with Gasteiger partial charge in [-0.05, 0) is 18.2 Å². The van der Waals surface area contributed by atoms with Crippen LogP contribution in [-0.2, 0) is 9.59 Å². The van der Waals surface area contributed by atoms with Gasteiger partial charge in [0, 0.05) is 12.4 Å². The van der Waals surface area contributed by atoms with Crippen molar-refractivity contribution in [3.8, 4) is 0 Å². The number of benzene rings is 2. The van der Waals surface area contributed by atoms with Gasteiger partial charge >= 0.3 is 0 Å². The van der Waals surface area contributed by atoms with E-state index in [0.29, 0.717) is 10.7 Å². The van der Waals surface area contributed by atoms with Crippen LogP contribution in [0.5, 0.6) is 0 Å². The SMILES string of the molecule is CN(CC(=O)Nc1ccccc1Cl)C(=O)CSc1ncnc2ccccc12. The number of fused-ring (bicyclic) bond motifs is 1. The van der Waals surface area contributed by atoms with Crippen molar-refractivity contribution in [1.82, 2.24) is 14.9 Å². The first-order valence-electron chi connectivity index (χ1n) is 8.15. The monoisotopic (exact) mass is 400 g/mol. The number of hydrogen-bond donors (Lipinski definition) is 1. The van der Waals surface area contributed by atoms with E-state index >= 15 is 0 Å². The highest BCUT2D eigenvalue weighted by atomic mass is 35.5. The predicted molar refractivity (Wildman–Crippen MR) is 108 cm³/mol. The number of carbonyl (C=O) groups is 2. The van der Waals surface area contributed by atoms with E-state index in [2.05, 4.69) is 15.3 Å². The lowest BCUT2D eigenvalue weighted by Crippen LogP contribution is -2.36. The van der Waals surface area contributed by atoms with Crippen LogP contribution in [0, 0.1) is 0 Å². The molecule has 0 aliphatic rings. The van der Waals surface area contributed by atoms with Crippen molar-refractivity contribution in [1.29, 1.82) is 0 Å². The summed E-state index contributed by atoms with van der Waals surface area (Å²) in [7, 11) is 1.59. The minimum Gasteiger partial charge on any atom is -0.336 e. The highest BCUT2D eigenvalue weighted by Crippen LogP contribution is 2.24. The van der Waals surface area contributed by atoms with Gasteiger partial charge in [-0.1, -0.05) is 53.7 Å². The summed E-state index contributed by atoms with van der Waals surface area (Å²) >= 11 is 7.35. The van der Waals surface area contributed by atoms with Gasteiger partial charge in [0.15, 0.2) is 0 Å². The Balaban J connectivity index is 1.56. The summed E-state index contributed by atoms with van der Waals surface area (Å²) in [4.78, 5) is 34.3. The third-order valence-electron chi connectivity index (χ3n) is 3.79. The molecule has 0 atom stereocenters. The van der Waals surface area contributed by atoms with E-state index in [9.17, 15) is 9.59 Å². The molecule has 0 radical (unpaired) electrons. The van der Waals surface area contributed by atoms with Crippen molar-refractivity contribution in [2.24, 2.45) is 0 Å². The van der Waals surface area contributed by atoms with Crippen LogP contribution in [0.1, 0.15) is 0 Å². The summed E-state index contributed by atoms with van der Waals surface area (Å²) in [5, 5.41) is 4.79. The Morgan fingerprint density at radius 2 is 1.85 bits per heavy atom. The fraction of sp³-hybridized carbons (Fsp3) is 0.158. The molecule has 0 fully saturated rings. The molecule has 1 heterocycles. The first kappa shape index (κ1) is 19.1. The topological polar surface area (TPSA) is 75.2 Å².